The molecule has 0 saturated carbocycles. The Hall–Kier alpha value is -1.55. The van der Waals surface area contributed by atoms with Crippen LogP contribution in [0.2, 0.25) is 5.02 Å². The average Bonchev–Trinajstić information content (AvgIpc) is 2.65. The van der Waals surface area contributed by atoms with E-state index >= 15 is 0 Å². The molecule has 1 aliphatic rings. The first-order chi connectivity index (χ1) is 9.05. The fraction of sp³-hybridized carbons (Fsp3) is 0.429. The molecule has 1 aromatic carbocycles. The maximum absolute atomic E-state index is 12.6. The Balaban J connectivity index is 2.41. The minimum absolute atomic E-state index is 0.177. The molecule has 1 unspecified atom stereocenters. The topological polar surface area (TPSA) is 49.4 Å². The third kappa shape index (κ3) is 2.21. The highest BCUT2D eigenvalue weighted by atomic mass is 35.5. The lowest BCUT2D eigenvalue weighted by Crippen LogP contribution is -2.43. The number of carbonyl (C=O) groups excluding carboxylic acids is 2. The molecule has 0 bridgehead atoms. The van der Waals surface area contributed by atoms with Gasteiger partial charge in [0.2, 0.25) is 0 Å². The SMILES string of the molecule is CCCN1C(=O)NC(CC)(c2ccc(Cl)cc2)C1=O. The van der Waals surface area contributed by atoms with Crippen molar-refractivity contribution in [3.8, 4) is 0 Å². The summed E-state index contributed by atoms with van der Waals surface area (Å²) in [6.45, 7) is 4.27. The zero-order chi connectivity index (χ0) is 14.0. The third-order valence-electron chi connectivity index (χ3n) is 3.49. The molecule has 102 valence electrons. The number of amides is 3. The van der Waals surface area contributed by atoms with Gasteiger partial charge >= 0.3 is 6.03 Å². The van der Waals surface area contributed by atoms with Gasteiger partial charge in [0.15, 0.2) is 0 Å². The zero-order valence-corrected chi connectivity index (χ0v) is 11.8. The number of rotatable bonds is 4. The van der Waals surface area contributed by atoms with Gasteiger partial charge in [-0.15, -0.1) is 0 Å². The molecule has 1 atom stereocenters. The molecule has 0 spiro atoms. The van der Waals surface area contributed by atoms with Gasteiger partial charge in [-0.05, 0) is 30.5 Å². The van der Waals surface area contributed by atoms with Gasteiger partial charge in [0.1, 0.15) is 5.54 Å². The fourth-order valence-corrected chi connectivity index (χ4v) is 2.55. The van der Waals surface area contributed by atoms with Crippen LogP contribution in [0.1, 0.15) is 32.3 Å². The highest BCUT2D eigenvalue weighted by molar-refractivity contribution is 6.30. The largest absolute Gasteiger partial charge is 0.325 e. The van der Waals surface area contributed by atoms with Gasteiger partial charge in [0.05, 0.1) is 0 Å². The third-order valence-corrected chi connectivity index (χ3v) is 3.74. The Morgan fingerprint density at radius 3 is 2.37 bits per heavy atom. The molecule has 19 heavy (non-hydrogen) atoms. The van der Waals surface area contributed by atoms with Crippen LogP contribution in [0.5, 0.6) is 0 Å². The Kier molecular flexibility index (Phi) is 3.80. The van der Waals surface area contributed by atoms with E-state index in [0.29, 0.717) is 18.0 Å². The van der Waals surface area contributed by atoms with E-state index in [1.54, 1.807) is 24.3 Å². The van der Waals surface area contributed by atoms with E-state index < -0.39 is 5.54 Å². The van der Waals surface area contributed by atoms with Crippen LogP contribution < -0.4 is 5.32 Å². The molecule has 4 nitrogen and oxygen atoms in total. The van der Waals surface area contributed by atoms with Gasteiger partial charge in [-0.2, -0.15) is 0 Å². The number of halogens is 1. The quantitative estimate of drug-likeness (QED) is 0.862. The second-order valence-electron chi connectivity index (χ2n) is 4.65. The maximum atomic E-state index is 12.6. The van der Waals surface area contributed by atoms with E-state index in [0.717, 1.165) is 12.0 Å². The van der Waals surface area contributed by atoms with Crippen LogP contribution in [0.3, 0.4) is 0 Å². The van der Waals surface area contributed by atoms with Crippen molar-refractivity contribution in [3.63, 3.8) is 0 Å². The lowest BCUT2D eigenvalue weighted by molar-refractivity contribution is -0.131. The average molecular weight is 281 g/mol. The smallest absolute Gasteiger partial charge is 0.319 e. The normalized spacial score (nSPS) is 22.8. The lowest BCUT2D eigenvalue weighted by atomic mass is 9.87. The molecule has 0 aliphatic carbocycles. The summed E-state index contributed by atoms with van der Waals surface area (Å²) in [5.74, 6) is -0.177. The first-order valence-corrected chi connectivity index (χ1v) is 6.83. The molecular formula is C14H17ClN2O2. The van der Waals surface area contributed by atoms with Gasteiger partial charge in [-0.25, -0.2) is 4.79 Å². The summed E-state index contributed by atoms with van der Waals surface area (Å²) in [5.41, 5.74) is -0.173. The first kappa shape index (κ1) is 13.9. The summed E-state index contributed by atoms with van der Waals surface area (Å²) in [6.07, 6.45) is 1.26. The van der Waals surface area contributed by atoms with Crippen molar-refractivity contribution in [2.75, 3.05) is 6.54 Å². The number of hydrogen-bond acceptors (Lipinski definition) is 2. The van der Waals surface area contributed by atoms with Crippen LogP contribution >= 0.6 is 11.6 Å². The minimum Gasteiger partial charge on any atom is -0.319 e. The summed E-state index contributed by atoms with van der Waals surface area (Å²) in [4.78, 5) is 25.8. The predicted octanol–water partition coefficient (Wildman–Crippen LogP) is 2.91. The summed E-state index contributed by atoms with van der Waals surface area (Å²) in [7, 11) is 0. The van der Waals surface area contributed by atoms with Gasteiger partial charge in [-0.3, -0.25) is 9.69 Å². The van der Waals surface area contributed by atoms with E-state index in [4.69, 9.17) is 11.6 Å². The number of benzene rings is 1. The number of hydrogen-bond donors (Lipinski definition) is 1. The standard InChI is InChI=1S/C14H17ClN2O2/c1-3-9-17-12(18)14(4-2,16-13(17)19)10-5-7-11(15)8-6-10/h5-8H,3-4,9H2,1-2H3,(H,16,19). The van der Waals surface area contributed by atoms with Crippen LogP contribution in [-0.2, 0) is 10.3 Å². The monoisotopic (exact) mass is 280 g/mol. The molecule has 1 aromatic rings. The van der Waals surface area contributed by atoms with E-state index in [9.17, 15) is 9.59 Å². The van der Waals surface area contributed by atoms with Gasteiger partial charge < -0.3 is 5.32 Å². The van der Waals surface area contributed by atoms with E-state index in [-0.39, 0.29) is 11.9 Å². The molecule has 1 aliphatic heterocycles. The van der Waals surface area contributed by atoms with Crippen LogP contribution in [0.15, 0.2) is 24.3 Å². The zero-order valence-electron chi connectivity index (χ0n) is 11.1. The molecule has 1 N–H and O–H groups in total. The van der Waals surface area contributed by atoms with Crippen LogP contribution in [-0.4, -0.2) is 23.4 Å². The molecule has 1 heterocycles. The Morgan fingerprint density at radius 2 is 1.84 bits per heavy atom. The molecular weight excluding hydrogens is 264 g/mol. The molecule has 3 amide bonds. The predicted molar refractivity (Wildman–Crippen MR) is 74.0 cm³/mol. The van der Waals surface area contributed by atoms with Crippen molar-refractivity contribution < 1.29 is 9.59 Å². The van der Waals surface area contributed by atoms with E-state index in [1.165, 1.54) is 4.90 Å². The van der Waals surface area contributed by atoms with Gasteiger partial charge in [0, 0.05) is 11.6 Å². The summed E-state index contributed by atoms with van der Waals surface area (Å²) >= 11 is 5.87. The lowest BCUT2D eigenvalue weighted by Gasteiger charge is -2.25. The van der Waals surface area contributed by atoms with Crippen molar-refractivity contribution in [2.24, 2.45) is 0 Å². The molecule has 1 fully saturated rings. The molecule has 5 heteroatoms. The van der Waals surface area contributed by atoms with Crippen LogP contribution in [0.4, 0.5) is 4.79 Å². The number of carbonyl (C=O) groups is 2. The molecule has 1 saturated heterocycles. The second kappa shape index (κ2) is 5.21. The molecule has 2 rings (SSSR count). The van der Waals surface area contributed by atoms with Crippen molar-refractivity contribution in [3.05, 3.63) is 34.9 Å². The Labute approximate surface area is 117 Å². The minimum atomic E-state index is -0.948. The van der Waals surface area contributed by atoms with E-state index in [2.05, 4.69) is 5.32 Å². The first-order valence-electron chi connectivity index (χ1n) is 6.45. The van der Waals surface area contributed by atoms with Crippen LogP contribution in [0.25, 0.3) is 0 Å². The van der Waals surface area contributed by atoms with Crippen molar-refractivity contribution >= 4 is 23.5 Å². The molecule has 0 radical (unpaired) electrons. The summed E-state index contributed by atoms with van der Waals surface area (Å²) in [5, 5.41) is 3.44. The summed E-state index contributed by atoms with van der Waals surface area (Å²) < 4.78 is 0. The Morgan fingerprint density at radius 1 is 1.21 bits per heavy atom. The molecule has 0 aromatic heterocycles. The van der Waals surface area contributed by atoms with Gasteiger partial charge in [0.25, 0.3) is 5.91 Å². The number of urea groups is 1. The highest BCUT2D eigenvalue weighted by Gasteiger charge is 2.50. The number of nitrogens with one attached hydrogen (secondary N) is 1. The van der Waals surface area contributed by atoms with Crippen LogP contribution in [0, 0.1) is 0 Å². The fourth-order valence-electron chi connectivity index (χ4n) is 2.43. The van der Waals surface area contributed by atoms with Crippen molar-refractivity contribution in [2.45, 2.75) is 32.2 Å². The highest BCUT2D eigenvalue weighted by Crippen LogP contribution is 2.33. The number of imide groups is 1. The number of nitrogens with zero attached hydrogens (tertiary/aromatic N) is 1. The second-order valence-corrected chi connectivity index (χ2v) is 5.09. The van der Waals surface area contributed by atoms with Crippen molar-refractivity contribution in [1.29, 1.82) is 0 Å². The van der Waals surface area contributed by atoms with Gasteiger partial charge in [-0.1, -0.05) is 37.6 Å². The maximum Gasteiger partial charge on any atom is 0.325 e. The van der Waals surface area contributed by atoms with E-state index in [1.807, 2.05) is 13.8 Å². The van der Waals surface area contributed by atoms with Crippen molar-refractivity contribution in [1.82, 2.24) is 10.2 Å². The summed E-state index contributed by atoms with van der Waals surface area (Å²) in [6, 6.07) is 6.73. The Bertz CT molecular complexity index is 501.